The third-order valence-corrected chi connectivity index (χ3v) is 5.10. The Morgan fingerprint density at radius 1 is 1.26 bits per heavy atom. The van der Waals surface area contributed by atoms with Gasteiger partial charge in [-0.2, -0.15) is 0 Å². The average Bonchev–Trinajstić information content (AvgIpc) is 2.97. The molecule has 4 atom stereocenters. The average molecular weight is 337 g/mol. The number of amides is 2. The molecule has 6 nitrogen and oxygen atoms in total. The number of carbonyl (C=O) groups excluding carboxylic acids is 3. The van der Waals surface area contributed by atoms with Crippen LogP contribution in [0.1, 0.15) is 18.5 Å². The number of imide groups is 1. The molecule has 7 heteroatoms. The van der Waals surface area contributed by atoms with Crippen LogP contribution in [0.3, 0.4) is 0 Å². The van der Waals surface area contributed by atoms with Crippen LogP contribution in [0.25, 0.3) is 0 Å². The number of likely N-dealkylation sites (tertiary alicyclic amines) is 1. The van der Waals surface area contributed by atoms with Gasteiger partial charge in [-0.1, -0.05) is 23.7 Å². The van der Waals surface area contributed by atoms with Crippen molar-refractivity contribution in [2.45, 2.75) is 18.5 Å². The van der Waals surface area contributed by atoms with Gasteiger partial charge in [0.2, 0.25) is 11.8 Å². The number of carbonyl (C=O) groups is 3. The number of nitrogens with zero attached hydrogens (tertiary/aromatic N) is 1. The monoisotopic (exact) mass is 336 g/mol. The van der Waals surface area contributed by atoms with Crippen molar-refractivity contribution in [1.29, 1.82) is 0 Å². The first kappa shape index (κ1) is 16.0. The number of methoxy groups -OCH3 is 1. The van der Waals surface area contributed by atoms with E-state index in [-0.39, 0.29) is 11.8 Å². The molecule has 122 valence electrons. The molecule has 0 unspecified atom stereocenters. The number of esters is 1. The zero-order valence-corrected chi connectivity index (χ0v) is 13.8. The number of ether oxygens (including phenoxy) is 1. The minimum Gasteiger partial charge on any atom is -0.468 e. The first-order valence-corrected chi connectivity index (χ1v) is 7.62. The van der Waals surface area contributed by atoms with Crippen LogP contribution in [0.2, 0.25) is 5.02 Å². The normalized spacial score (nSPS) is 33.0. The lowest BCUT2D eigenvalue weighted by atomic mass is 9.80. The van der Waals surface area contributed by atoms with Crippen LogP contribution in [-0.4, -0.2) is 42.4 Å². The molecule has 0 saturated carbocycles. The van der Waals surface area contributed by atoms with Crippen molar-refractivity contribution in [2.75, 3.05) is 14.2 Å². The fourth-order valence-electron chi connectivity index (χ4n) is 3.64. The molecule has 3 rings (SSSR count). The number of nitrogens with one attached hydrogen (secondary N) is 1. The molecule has 2 heterocycles. The summed E-state index contributed by atoms with van der Waals surface area (Å²) < 4.78 is 4.86. The summed E-state index contributed by atoms with van der Waals surface area (Å²) in [7, 11) is 2.71. The maximum absolute atomic E-state index is 12.5. The minimum atomic E-state index is -1.25. The second kappa shape index (κ2) is 5.32. The topological polar surface area (TPSA) is 75.7 Å². The zero-order valence-electron chi connectivity index (χ0n) is 13.0. The van der Waals surface area contributed by atoms with Gasteiger partial charge in [0.1, 0.15) is 5.54 Å². The van der Waals surface area contributed by atoms with Gasteiger partial charge in [0.25, 0.3) is 0 Å². The van der Waals surface area contributed by atoms with Crippen LogP contribution < -0.4 is 5.32 Å². The molecule has 2 aliphatic rings. The molecule has 2 saturated heterocycles. The SMILES string of the molecule is COC(=O)[C@@]1(C)N[C@@H](c2ccc(Cl)cc2)[C@H]2C(=O)N(C)C(=O)[C@@H]21. The van der Waals surface area contributed by atoms with Gasteiger partial charge in [0, 0.05) is 18.1 Å². The fourth-order valence-corrected chi connectivity index (χ4v) is 3.77. The summed E-state index contributed by atoms with van der Waals surface area (Å²) in [5.74, 6) is -2.64. The zero-order chi connectivity index (χ0) is 16.9. The van der Waals surface area contributed by atoms with E-state index in [1.165, 1.54) is 14.2 Å². The van der Waals surface area contributed by atoms with Crippen LogP contribution in [0.4, 0.5) is 0 Å². The Morgan fingerprint density at radius 3 is 2.43 bits per heavy atom. The number of halogens is 1. The van der Waals surface area contributed by atoms with Crippen molar-refractivity contribution in [1.82, 2.24) is 10.2 Å². The molecule has 1 aromatic carbocycles. The van der Waals surface area contributed by atoms with E-state index in [9.17, 15) is 14.4 Å². The summed E-state index contributed by atoms with van der Waals surface area (Å²) in [6.07, 6.45) is 0. The van der Waals surface area contributed by atoms with E-state index in [4.69, 9.17) is 16.3 Å². The van der Waals surface area contributed by atoms with Crippen molar-refractivity contribution in [2.24, 2.45) is 11.8 Å². The largest absolute Gasteiger partial charge is 0.468 e. The highest BCUT2D eigenvalue weighted by atomic mass is 35.5. The second-order valence-electron chi connectivity index (χ2n) is 6.11. The van der Waals surface area contributed by atoms with Crippen molar-refractivity contribution in [3.63, 3.8) is 0 Å². The molecule has 2 fully saturated rings. The van der Waals surface area contributed by atoms with E-state index in [1.54, 1.807) is 31.2 Å². The van der Waals surface area contributed by atoms with Gasteiger partial charge in [-0.05, 0) is 24.6 Å². The first-order chi connectivity index (χ1) is 10.8. The Morgan fingerprint density at radius 2 is 1.87 bits per heavy atom. The van der Waals surface area contributed by atoms with E-state index in [0.29, 0.717) is 5.02 Å². The molecule has 23 heavy (non-hydrogen) atoms. The maximum Gasteiger partial charge on any atom is 0.326 e. The van der Waals surface area contributed by atoms with Crippen LogP contribution >= 0.6 is 11.6 Å². The van der Waals surface area contributed by atoms with Gasteiger partial charge in [-0.25, -0.2) is 0 Å². The summed E-state index contributed by atoms with van der Waals surface area (Å²) in [6, 6.07) is 6.55. The Bertz CT molecular complexity index is 690. The number of hydrogen-bond donors (Lipinski definition) is 1. The molecule has 0 bridgehead atoms. The third-order valence-electron chi connectivity index (χ3n) is 4.85. The predicted octanol–water partition coefficient (Wildman–Crippen LogP) is 1.15. The quantitative estimate of drug-likeness (QED) is 0.647. The van der Waals surface area contributed by atoms with E-state index in [1.807, 2.05) is 0 Å². The smallest absolute Gasteiger partial charge is 0.326 e. The van der Waals surface area contributed by atoms with Crippen LogP contribution in [0.15, 0.2) is 24.3 Å². The van der Waals surface area contributed by atoms with Gasteiger partial charge in [0.05, 0.1) is 18.9 Å². The van der Waals surface area contributed by atoms with E-state index < -0.39 is 29.4 Å². The molecule has 0 aliphatic carbocycles. The lowest BCUT2D eigenvalue weighted by Gasteiger charge is -2.27. The Hall–Kier alpha value is -1.92. The van der Waals surface area contributed by atoms with Gasteiger partial charge >= 0.3 is 5.97 Å². The fraction of sp³-hybridized carbons (Fsp3) is 0.438. The molecule has 2 aliphatic heterocycles. The standard InChI is InChI=1S/C16H17ClN2O4/c1-16(15(22)23-3)11-10(13(20)19(2)14(11)21)12(18-16)8-4-6-9(17)7-5-8/h4-7,10-12,18H,1-3H3/t10-,11+,12-,16-/m0/s1. The number of hydrogen-bond acceptors (Lipinski definition) is 5. The highest BCUT2D eigenvalue weighted by molar-refractivity contribution is 6.30. The van der Waals surface area contributed by atoms with Crippen molar-refractivity contribution in [3.05, 3.63) is 34.9 Å². The molecule has 0 aromatic heterocycles. The summed E-state index contributed by atoms with van der Waals surface area (Å²) in [5.41, 5.74) is -0.449. The molecular formula is C16H17ClN2O4. The minimum absolute atomic E-state index is 0.292. The predicted molar refractivity (Wildman–Crippen MR) is 82.5 cm³/mol. The highest BCUT2D eigenvalue weighted by Crippen LogP contribution is 2.48. The summed E-state index contributed by atoms with van der Waals surface area (Å²) in [4.78, 5) is 38.4. The molecule has 0 spiro atoms. The summed E-state index contributed by atoms with van der Waals surface area (Å²) in [6.45, 7) is 1.61. The Kier molecular flexibility index (Phi) is 3.69. The number of rotatable bonds is 2. The van der Waals surface area contributed by atoms with Crippen molar-refractivity contribution >= 4 is 29.4 Å². The van der Waals surface area contributed by atoms with Crippen molar-refractivity contribution in [3.8, 4) is 0 Å². The van der Waals surface area contributed by atoms with Crippen LogP contribution in [-0.2, 0) is 19.1 Å². The van der Waals surface area contributed by atoms with Crippen molar-refractivity contribution < 1.29 is 19.1 Å². The molecule has 0 radical (unpaired) electrons. The first-order valence-electron chi connectivity index (χ1n) is 7.24. The maximum atomic E-state index is 12.5. The van der Waals surface area contributed by atoms with E-state index >= 15 is 0 Å². The van der Waals surface area contributed by atoms with Crippen LogP contribution in [0.5, 0.6) is 0 Å². The van der Waals surface area contributed by atoms with E-state index in [0.717, 1.165) is 10.5 Å². The molecule has 1 N–H and O–H groups in total. The lowest BCUT2D eigenvalue weighted by Crippen LogP contribution is -2.53. The highest BCUT2D eigenvalue weighted by Gasteiger charge is 2.66. The number of benzene rings is 1. The second-order valence-corrected chi connectivity index (χ2v) is 6.54. The molecule has 2 amide bonds. The van der Waals surface area contributed by atoms with Crippen LogP contribution in [0, 0.1) is 11.8 Å². The molecule has 1 aromatic rings. The van der Waals surface area contributed by atoms with Gasteiger partial charge in [-0.15, -0.1) is 0 Å². The third kappa shape index (κ3) is 2.16. The Balaban J connectivity index is 2.09. The summed E-state index contributed by atoms with van der Waals surface area (Å²) in [5, 5.41) is 3.73. The number of fused-ring (bicyclic) bond motifs is 1. The van der Waals surface area contributed by atoms with Gasteiger partial charge in [0.15, 0.2) is 0 Å². The molecular weight excluding hydrogens is 320 g/mol. The van der Waals surface area contributed by atoms with E-state index in [2.05, 4.69) is 5.32 Å². The van der Waals surface area contributed by atoms with Gasteiger partial charge in [-0.3, -0.25) is 24.6 Å². The van der Waals surface area contributed by atoms with Gasteiger partial charge < -0.3 is 4.74 Å². The lowest BCUT2D eigenvalue weighted by molar-refractivity contribution is -0.152. The Labute approximate surface area is 138 Å². The summed E-state index contributed by atoms with van der Waals surface area (Å²) >= 11 is 5.91.